The summed E-state index contributed by atoms with van der Waals surface area (Å²) in [4.78, 5) is 24.0. The highest BCUT2D eigenvalue weighted by Gasteiger charge is 2.35. The fourth-order valence-electron chi connectivity index (χ4n) is 1.45. The molecule has 1 amide bonds. The predicted octanol–water partition coefficient (Wildman–Crippen LogP) is 1.46. The summed E-state index contributed by atoms with van der Waals surface area (Å²) in [6.45, 7) is 5.18. The maximum Gasteiger partial charge on any atom is 0.410 e. The van der Waals surface area contributed by atoms with Gasteiger partial charge in [0.1, 0.15) is 11.7 Å². The molecule has 1 atom stereocenters. The first-order valence-corrected chi connectivity index (χ1v) is 5.62. The lowest BCUT2D eigenvalue weighted by molar-refractivity contribution is -0.146. The Bertz CT molecular complexity index is 327. The van der Waals surface area contributed by atoms with Crippen LogP contribution in [0.1, 0.15) is 20.8 Å². The number of ketones is 1. The summed E-state index contributed by atoms with van der Waals surface area (Å²) >= 11 is 0. The third-order valence-electron chi connectivity index (χ3n) is 2.25. The Morgan fingerprint density at radius 3 is 2.50 bits per heavy atom. The van der Waals surface area contributed by atoms with Crippen molar-refractivity contribution in [1.29, 1.82) is 0 Å². The smallest absolute Gasteiger partial charge is 0.410 e. The molecule has 1 saturated heterocycles. The maximum absolute atomic E-state index is 12.2. The van der Waals surface area contributed by atoms with E-state index in [1.165, 1.54) is 4.90 Å². The van der Waals surface area contributed by atoms with Crippen LogP contribution in [0.3, 0.4) is 0 Å². The SMILES string of the molecule is CC(C)(C)OC(=O)N1CCOC(C(=O)C(F)F)C1. The summed E-state index contributed by atoms with van der Waals surface area (Å²) in [6, 6.07) is 0. The number of nitrogens with zero attached hydrogens (tertiary/aromatic N) is 1. The van der Waals surface area contributed by atoms with Crippen molar-refractivity contribution in [3.63, 3.8) is 0 Å². The number of carbonyl (C=O) groups is 2. The van der Waals surface area contributed by atoms with Crippen LogP contribution in [0.5, 0.6) is 0 Å². The number of morpholine rings is 1. The molecule has 1 heterocycles. The van der Waals surface area contributed by atoms with Gasteiger partial charge in [-0.15, -0.1) is 0 Å². The minimum absolute atomic E-state index is 0.0440. The molecule has 0 aliphatic carbocycles. The third-order valence-corrected chi connectivity index (χ3v) is 2.25. The van der Waals surface area contributed by atoms with Crippen LogP contribution in [-0.2, 0) is 14.3 Å². The summed E-state index contributed by atoms with van der Waals surface area (Å²) in [5, 5.41) is 0. The molecular formula is C11H17F2NO4. The van der Waals surface area contributed by atoms with E-state index in [-0.39, 0.29) is 19.7 Å². The van der Waals surface area contributed by atoms with Crippen molar-refractivity contribution in [1.82, 2.24) is 4.90 Å². The molecule has 0 N–H and O–H groups in total. The van der Waals surface area contributed by atoms with Crippen LogP contribution < -0.4 is 0 Å². The van der Waals surface area contributed by atoms with E-state index in [1.54, 1.807) is 20.8 Å². The van der Waals surface area contributed by atoms with Crippen molar-refractivity contribution >= 4 is 11.9 Å². The molecule has 104 valence electrons. The Hall–Kier alpha value is -1.24. The molecule has 1 rings (SSSR count). The fourth-order valence-corrected chi connectivity index (χ4v) is 1.45. The van der Waals surface area contributed by atoms with Crippen LogP contribution in [-0.4, -0.2) is 54.6 Å². The van der Waals surface area contributed by atoms with E-state index in [9.17, 15) is 18.4 Å². The van der Waals surface area contributed by atoms with Gasteiger partial charge in [0, 0.05) is 6.54 Å². The van der Waals surface area contributed by atoms with Crippen LogP contribution in [0.2, 0.25) is 0 Å². The molecule has 1 fully saturated rings. The summed E-state index contributed by atoms with van der Waals surface area (Å²) in [7, 11) is 0. The Morgan fingerprint density at radius 1 is 1.39 bits per heavy atom. The zero-order valence-electron chi connectivity index (χ0n) is 10.6. The number of ether oxygens (including phenoxy) is 2. The summed E-state index contributed by atoms with van der Waals surface area (Å²) in [5.41, 5.74) is -0.669. The first-order chi connectivity index (χ1) is 8.20. The van der Waals surface area contributed by atoms with Crippen molar-refractivity contribution < 1.29 is 27.8 Å². The lowest BCUT2D eigenvalue weighted by Crippen LogP contribution is -2.51. The second kappa shape index (κ2) is 5.60. The Labute approximate surface area is 104 Å². The molecule has 1 aliphatic heterocycles. The third kappa shape index (κ3) is 4.21. The average molecular weight is 265 g/mol. The monoisotopic (exact) mass is 265 g/mol. The van der Waals surface area contributed by atoms with E-state index in [2.05, 4.69) is 0 Å². The molecule has 0 radical (unpaired) electrons. The lowest BCUT2D eigenvalue weighted by atomic mass is 10.2. The second-order valence-electron chi connectivity index (χ2n) is 4.99. The van der Waals surface area contributed by atoms with E-state index in [1.807, 2.05) is 0 Å². The number of hydrogen-bond donors (Lipinski definition) is 0. The summed E-state index contributed by atoms with van der Waals surface area (Å²) in [5.74, 6) is -1.30. The van der Waals surface area contributed by atoms with Gasteiger partial charge in [0.2, 0.25) is 5.78 Å². The molecule has 7 heteroatoms. The normalized spacial score (nSPS) is 21.0. The van der Waals surface area contributed by atoms with E-state index < -0.39 is 30.0 Å². The second-order valence-corrected chi connectivity index (χ2v) is 4.99. The number of carbonyl (C=O) groups excluding carboxylic acids is 2. The highest BCUT2D eigenvalue weighted by Crippen LogP contribution is 2.14. The van der Waals surface area contributed by atoms with Gasteiger partial charge >= 0.3 is 6.09 Å². The van der Waals surface area contributed by atoms with E-state index in [0.29, 0.717) is 0 Å². The number of hydrogen-bond acceptors (Lipinski definition) is 4. The first-order valence-electron chi connectivity index (χ1n) is 5.62. The van der Waals surface area contributed by atoms with Gasteiger partial charge in [-0.05, 0) is 20.8 Å². The quantitative estimate of drug-likeness (QED) is 0.758. The number of Topliss-reactive ketones (excluding diaryl/α,β-unsaturated/α-hetero) is 1. The highest BCUT2D eigenvalue weighted by atomic mass is 19.3. The van der Waals surface area contributed by atoms with Crippen molar-refractivity contribution in [2.75, 3.05) is 19.7 Å². The molecule has 0 aromatic rings. The van der Waals surface area contributed by atoms with Crippen LogP contribution >= 0.6 is 0 Å². The lowest BCUT2D eigenvalue weighted by Gasteiger charge is -2.33. The number of rotatable bonds is 2. The summed E-state index contributed by atoms with van der Waals surface area (Å²) < 4.78 is 34.5. The Kier molecular flexibility index (Phi) is 4.61. The van der Waals surface area contributed by atoms with E-state index in [0.717, 1.165) is 0 Å². The fraction of sp³-hybridized carbons (Fsp3) is 0.818. The van der Waals surface area contributed by atoms with Crippen LogP contribution in [0.4, 0.5) is 13.6 Å². The van der Waals surface area contributed by atoms with Gasteiger partial charge in [-0.2, -0.15) is 0 Å². The first kappa shape index (κ1) is 14.8. The molecule has 1 unspecified atom stereocenters. The van der Waals surface area contributed by atoms with Crippen molar-refractivity contribution in [2.24, 2.45) is 0 Å². The standard InChI is InChI=1S/C11H17F2NO4/c1-11(2,3)18-10(16)14-4-5-17-7(6-14)8(15)9(12)13/h7,9H,4-6H2,1-3H3. The van der Waals surface area contributed by atoms with Gasteiger partial charge < -0.3 is 14.4 Å². The molecule has 1 aliphatic rings. The van der Waals surface area contributed by atoms with E-state index in [4.69, 9.17) is 9.47 Å². The zero-order chi connectivity index (χ0) is 13.9. The predicted molar refractivity (Wildman–Crippen MR) is 58.6 cm³/mol. The van der Waals surface area contributed by atoms with Gasteiger partial charge in [0.05, 0.1) is 13.2 Å². The minimum Gasteiger partial charge on any atom is -0.444 e. The molecule has 0 saturated carbocycles. The maximum atomic E-state index is 12.2. The van der Waals surface area contributed by atoms with Gasteiger partial charge in [-0.3, -0.25) is 4.79 Å². The Morgan fingerprint density at radius 2 is 2.00 bits per heavy atom. The summed E-state index contributed by atoms with van der Waals surface area (Å²) in [6.07, 6.45) is -4.99. The van der Waals surface area contributed by atoms with Crippen molar-refractivity contribution in [3.05, 3.63) is 0 Å². The molecule has 0 bridgehead atoms. The molecule has 0 spiro atoms. The zero-order valence-corrected chi connectivity index (χ0v) is 10.6. The minimum atomic E-state index is -3.09. The van der Waals surface area contributed by atoms with Crippen molar-refractivity contribution in [3.8, 4) is 0 Å². The molecule has 18 heavy (non-hydrogen) atoms. The van der Waals surface area contributed by atoms with Gasteiger partial charge in [0.15, 0.2) is 0 Å². The molecule has 0 aromatic heterocycles. The molecular weight excluding hydrogens is 248 g/mol. The largest absolute Gasteiger partial charge is 0.444 e. The Balaban J connectivity index is 2.59. The van der Waals surface area contributed by atoms with E-state index >= 15 is 0 Å². The number of alkyl halides is 2. The molecule has 5 nitrogen and oxygen atoms in total. The van der Waals surface area contributed by atoms with Crippen LogP contribution in [0.15, 0.2) is 0 Å². The molecule has 0 aromatic carbocycles. The topological polar surface area (TPSA) is 55.8 Å². The van der Waals surface area contributed by atoms with Gasteiger partial charge in [-0.25, -0.2) is 13.6 Å². The van der Waals surface area contributed by atoms with Crippen LogP contribution in [0, 0.1) is 0 Å². The number of halogens is 2. The van der Waals surface area contributed by atoms with Crippen LogP contribution in [0.25, 0.3) is 0 Å². The van der Waals surface area contributed by atoms with Crippen molar-refractivity contribution in [2.45, 2.75) is 38.9 Å². The van der Waals surface area contributed by atoms with Gasteiger partial charge in [-0.1, -0.05) is 0 Å². The highest BCUT2D eigenvalue weighted by molar-refractivity contribution is 5.86. The average Bonchev–Trinajstić information content (AvgIpc) is 2.25. The van der Waals surface area contributed by atoms with Gasteiger partial charge in [0.25, 0.3) is 6.43 Å². The number of amides is 1.